The molecule has 3 N–H and O–H groups in total. The van der Waals surface area contributed by atoms with E-state index in [-0.39, 0.29) is 12.5 Å². The first-order chi connectivity index (χ1) is 8.30. The zero-order chi connectivity index (χ0) is 14.2. The fourth-order valence-electron chi connectivity index (χ4n) is 1.38. The van der Waals surface area contributed by atoms with Crippen molar-refractivity contribution in [3.8, 4) is 0 Å². The molecular formula is C11H22N2O5. The van der Waals surface area contributed by atoms with Gasteiger partial charge in [0.25, 0.3) is 0 Å². The van der Waals surface area contributed by atoms with Gasteiger partial charge < -0.3 is 25.2 Å². The Kier molecular flexibility index (Phi) is 7.30. The van der Waals surface area contributed by atoms with Crippen LogP contribution in [0, 0.1) is 0 Å². The molecule has 1 unspecified atom stereocenters. The molecule has 7 nitrogen and oxygen atoms in total. The van der Waals surface area contributed by atoms with Crippen LogP contribution in [-0.2, 0) is 14.3 Å². The maximum atomic E-state index is 11.6. The number of carbonyl (C=O) groups is 2. The molecule has 2 amide bonds. The summed E-state index contributed by atoms with van der Waals surface area (Å²) in [5, 5.41) is 13.9. The maximum absolute atomic E-state index is 11.6. The zero-order valence-electron chi connectivity index (χ0n) is 11.3. The monoisotopic (exact) mass is 262 g/mol. The number of amides is 2. The Morgan fingerprint density at radius 3 is 2.39 bits per heavy atom. The van der Waals surface area contributed by atoms with Gasteiger partial charge in [0.2, 0.25) is 0 Å². The molecule has 0 saturated heterocycles. The molecule has 0 rings (SSSR count). The van der Waals surface area contributed by atoms with E-state index >= 15 is 0 Å². The average molecular weight is 262 g/mol. The quantitative estimate of drug-likeness (QED) is 0.580. The molecule has 0 aliphatic carbocycles. The number of hydrogen-bond acceptors (Lipinski definition) is 4. The molecule has 0 aliphatic rings. The molecule has 0 aromatic heterocycles. The van der Waals surface area contributed by atoms with Crippen molar-refractivity contribution >= 4 is 12.0 Å². The van der Waals surface area contributed by atoms with E-state index in [9.17, 15) is 9.59 Å². The molecule has 0 spiro atoms. The molecule has 7 heteroatoms. The van der Waals surface area contributed by atoms with Crippen LogP contribution in [-0.4, -0.2) is 56.1 Å². The Morgan fingerprint density at radius 1 is 1.33 bits per heavy atom. The molecule has 0 fully saturated rings. The van der Waals surface area contributed by atoms with Gasteiger partial charge in [-0.3, -0.25) is 4.79 Å². The lowest BCUT2D eigenvalue weighted by Gasteiger charge is -2.25. The molecule has 1 atom stereocenters. The highest BCUT2D eigenvalue weighted by Crippen LogP contribution is 2.07. The van der Waals surface area contributed by atoms with Crippen LogP contribution in [0.5, 0.6) is 0 Å². The lowest BCUT2D eigenvalue weighted by atomic mass is 10.0. The minimum atomic E-state index is -0.963. The summed E-state index contributed by atoms with van der Waals surface area (Å²) in [5.41, 5.74) is -0.806. The SMILES string of the molecule is COCC(CNC(=O)NC(C)(C)CC(=O)O)OC. The van der Waals surface area contributed by atoms with E-state index in [0.717, 1.165) is 0 Å². The highest BCUT2D eigenvalue weighted by molar-refractivity contribution is 5.76. The largest absolute Gasteiger partial charge is 0.481 e. The van der Waals surface area contributed by atoms with Gasteiger partial charge in [-0.2, -0.15) is 0 Å². The lowest BCUT2D eigenvalue weighted by Crippen LogP contribution is -2.51. The smallest absolute Gasteiger partial charge is 0.315 e. The van der Waals surface area contributed by atoms with Crippen molar-refractivity contribution in [2.75, 3.05) is 27.4 Å². The van der Waals surface area contributed by atoms with Gasteiger partial charge in [0.05, 0.1) is 19.1 Å². The van der Waals surface area contributed by atoms with E-state index in [2.05, 4.69) is 10.6 Å². The summed E-state index contributed by atoms with van der Waals surface area (Å²) in [4.78, 5) is 22.1. The molecule has 106 valence electrons. The van der Waals surface area contributed by atoms with E-state index in [1.165, 1.54) is 7.11 Å². The third-order valence-electron chi connectivity index (χ3n) is 2.22. The average Bonchev–Trinajstić information content (AvgIpc) is 2.21. The number of aliphatic carboxylic acids is 1. The van der Waals surface area contributed by atoms with Crippen molar-refractivity contribution in [3.63, 3.8) is 0 Å². The summed E-state index contributed by atoms with van der Waals surface area (Å²) < 4.78 is 9.98. The number of nitrogens with one attached hydrogen (secondary N) is 2. The fourth-order valence-corrected chi connectivity index (χ4v) is 1.38. The molecular weight excluding hydrogens is 240 g/mol. The number of methoxy groups -OCH3 is 2. The van der Waals surface area contributed by atoms with E-state index in [1.807, 2.05) is 0 Å². The van der Waals surface area contributed by atoms with Crippen LogP contribution in [0.15, 0.2) is 0 Å². The Balaban J connectivity index is 4.06. The van der Waals surface area contributed by atoms with Crippen molar-refractivity contribution in [3.05, 3.63) is 0 Å². The topological polar surface area (TPSA) is 96.9 Å². The number of urea groups is 1. The standard InChI is InChI=1S/C11H22N2O5/c1-11(2,5-9(14)15)13-10(16)12-6-8(18-4)7-17-3/h8H,5-7H2,1-4H3,(H,14,15)(H2,12,13,16). The van der Waals surface area contributed by atoms with Crippen LogP contribution >= 0.6 is 0 Å². The number of hydrogen-bond donors (Lipinski definition) is 3. The third kappa shape index (κ3) is 7.86. The normalized spacial score (nSPS) is 12.9. The predicted octanol–water partition coefficient (Wildman–Crippen LogP) is 0.200. The minimum Gasteiger partial charge on any atom is -0.481 e. The van der Waals surface area contributed by atoms with Gasteiger partial charge >= 0.3 is 12.0 Å². The first-order valence-corrected chi connectivity index (χ1v) is 5.60. The summed E-state index contributed by atoms with van der Waals surface area (Å²) in [6.07, 6.45) is -0.380. The van der Waals surface area contributed by atoms with Gasteiger partial charge in [-0.05, 0) is 13.8 Å². The first kappa shape index (κ1) is 16.7. The Labute approximate surface area is 107 Å². The van der Waals surface area contributed by atoms with Crippen LogP contribution in [0.4, 0.5) is 4.79 Å². The Bertz CT molecular complexity index is 281. The van der Waals surface area contributed by atoms with Crippen molar-refractivity contribution in [2.45, 2.75) is 31.9 Å². The summed E-state index contributed by atoms with van der Waals surface area (Å²) in [7, 11) is 3.07. The minimum absolute atomic E-state index is 0.147. The van der Waals surface area contributed by atoms with Crippen molar-refractivity contribution in [1.82, 2.24) is 10.6 Å². The highest BCUT2D eigenvalue weighted by atomic mass is 16.5. The number of rotatable bonds is 8. The molecule has 0 radical (unpaired) electrons. The van der Waals surface area contributed by atoms with E-state index in [1.54, 1.807) is 21.0 Å². The van der Waals surface area contributed by atoms with Crippen molar-refractivity contribution in [1.29, 1.82) is 0 Å². The van der Waals surface area contributed by atoms with Gasteiger partial charge in [-0.15, -0.1) is 0 Å². The Hall–Kier alpha value is -1.34. The molecule has 0 bridgehead atoms. The molecule has 0 heterocycles. The highest BCUT2D eigenvalue weighted by Gasteiger charge is 2.23. The number of carboxylic acids is 1. The summed E-state index contributed by atoms with van der Waals surface area (Å²) >= 11 is 0. The second-order valence-corrected chi connectivity index (χ2v) is 4.60. The van der Waals surface area contributed by atoms with E-state index in [4.69, 9.17) is 14.6 Å². The van der Waals surface area contributed by atoms with Gasteiger partial charge in [0, 0.05) is 26.3 Å². The van der Waals surface area contributed by atoms with Crippen LogP contribution in [0.3, 0.4) is 0 Å². The lowest BCUT2D eigenvalue weighted by molar-refractivity contribution is -0.138. The van der Waals surface area contributed by atoms with Gasteiger partial charge in [0.1, 0.15) is 0 Å². The Morgan fingerprint density at radius 2 is 1.94 bits per heavy atom. The number of carboxylic acid groups (broad SMARTS) is 1. The summed E-state index contributed by atoms with van der Waals surface area (Å²) in [6.45, 7) is 3.95. The molecule has 0 aromatic carbocycles. The second kappa shape index (κ2) is 7.88. The molecule has 0 saturated carbocycles. The number of carbonyl (C=O) groups excluding carboxylic acids is 1. The van der Waals surface area contributed by atoms with Crippen LogP contribution in [0.2, 0.25) is 0 Å². The number of ether oxygens (including phenoxy) is 2. The van der Waals surface area contributed by atoms with Gasteiger partial charge in [-0.1, -0.05) is 0 Å². The predicted molar refractivity (Wildman–Crippen MR) is 65.5 cm³/mol. The molecule has 18 heavy (non-hydrogen) atoms. The molecule has 0 aliphatic heterocycles. The molecule has 0 aromatic rings. The fraction of sp³-hybridized carbons (Fsp3) is 0.818. The summed E-state index contributed by atoms with van der Waals surface area (Å²) in [5.74, 6) is -0.963. The van der Waals surface area contributed by atoms with Crippen LogP contribution in [0.1, 0.15) is 20.3 Å². The first-order valence-electron chi connectivity index (χ1n) is 5.60. The van der Waals surface area contributed by atoms with E-state index in [0.29, 0.717) is 13.2 Å². The van der Waals surface area contributed by atoms with Gasteiger partial charge in [0.15, 0.2) is 0 Å². The van der Waals surface area contributed by atoms with Crippen LogP contribution in [0.25, 0.3) is 0 Å². The van der Waals surface area contributed by atoms with Crippen LogP contribution < -0.4 is 10.6 Å². The van der Waals surface area contributed by atoms with Gasteiger partial charge in [-0.25, -0.2) is 4.79 Å². The zero-order valence-corrected chi connectivity index (χ0v) is 11.3. The maximum Gasteiger partial charge on any atom is 0.315 e. The van der Waals surface area contributed by atoms with E-state index < -0.39 is 17.5 Å². The third-order valence-corrected chi connectivity index (χ3v) is 2.22. The summed E-state index contributed by atoms with van der Waals surface area (Å²) in [6, 6.07) is -0.431. The second-order valence-electron chi connectivity index (χ2n) is 4.60. The van der Waals surface area contributed by atoms with Crippen molar-refractivity contribution in [2.24, 2.45) is 0 Å². The van der Waals surface area contributed by atoms with Crippen molar-refractivity contribution < 1.29 is 24.2 Å².